The Morgan fingerprint density at radius 1 is 0.737 bits per heavy atom. The number of carbonyl (C=O) groups is 3. The zero-order valence-corrected chi connectivity index (χ0v) is 19.7. The number of carboxylic acids is 3. The van der Waals surface area contributed by atoms with Crippen LogP contribution < -0.4 is 0 Å². The van der Waals surface area contributed by atoms with Gasteiger partial charge in [-0.2, -0.15) is 13.2 Å². The van der Waals surface area contributed by atoms with Gasteiger partial charge in [-0.3, -0.25) is 9.59 Å². The molecule has 0 aliphatic heterocycles. The first kappa shape index (κ1) is 31.5. The summed E-state index contributed by atoms with van der Waals surface area (Å²) in [7, 11) is 0. The molecule has 6 nitrogen and oxygen atoms in total. The van der Waals surface area contributed by atoms with Crippen molar-refractivity contribution in [2.24, 2.45) is 0 Å². The van der Waals surface area contributed by atoms with Gasteiger partial charge in [0.05, 0.1) is 12.0 Å². The van der Waals surface area contributed by atoms with Crippen molar-refractivity contribution in [3.8, 4) is 0 Å². The van der Waals surface area contributed by atoms with Crippen molar-refractivity contribution in [1.29, 1.82) is 0 Å². The van der Waals surface area contributed by atoms with Crippen molar-refractivity contribution in [3.05, 3.63) is 113 Å². The van der Waals surface area contributed by atoms with Gasteiger partial charge in [-0.25, -0.2) is 13.6 Å². The molecule has 3 N–H and O–H groups in total. The van der Waals surface area contributed by atoms with Gasteiger partial charge in [-0.1, -0.05) is 48.5 Å². The number of aryl methyl sites for hydroxylation is 1. The summed E-state index contributed by atoms with van der Waals surface area (Å²) in [6.45, 7) is 0. The third kappa shape index (κ3) is 13.5. The number of hydrogen-bond donors (Lipinski definition) is 3. The quantitative estimate of drug-likeness (QED) is 0.248. The molecule has 0 aromatic heterocycles. The van der Waals surface area contributed by atoms with E-state index in [0.29, 0.717) is 17.5 Å². The first-order valence-electron chi connectivity index (χ1n) is 10.8. The SMILES string of the molecule is O=C(O)C=Cc1ccc(F)c(F)c1.O=C(O)CCc1ccccc1.O=C(O)Cc1ccc(C(F)(F)F)cc1. The molecule has 0 aliphatic rings. The molecule has 0 fully saturated rings. The van der Waals surface area contributed by atoms with Gasteiger partial charge in [-0.15, -0.1) is 0 Å². The lowest BCUT2D eigenvalue weighted by Gasteiger charge is -2.06. The monoisotopic (exact) mass is 538 g/mol. The summed E-state index contributed by atoms with van der Waals surface area (Å²) in [5.41, 5.74) is 0.966. The standard InChI is InChI=1S/C9H7F3O2.C9H6F2O2.C9H10O2/c10-9(11,12)7-3-1-6(2-4-7)5-8(13)14;10-7-3-1-6(5-8(7)11)2-4-9(12)13;10-9(11)7-6-8-4-2-1-3-5-8/h1-4H,5H2,(H,13,14);1-5H,(H,12,13);1-5H,6-7H2,(H,10,11). The lowest BCUT2D eigenvalue weighted by atomic mass is 10.1. The molecule has 0 amide bonds. The van der Waals surface area contributed by atoms with E-state index in [9.17, 15) is 36.3 Å². The second-order valence-corrected chi connectivity index (χ2v) is 7.49. The highest BCUT2D eigenvalue weighted by atomic mass is 19.4. The molecule has 0 bridgehead atoms. The average Bonchev–Trinajstić information content (AvgIpc) is 2.84. The van der Waals surface area contributed by atoms with E-state index in [-0.39, 0.29) is 12.8 Å². The van der Waals surface area contributed by atoms with Crippen molar-refractivity contribution in [1.82, 2.24) is 0 Å². The van der Waals surface area contributed by atoms with Crippen molar-refractivity contribution >= 4 is 24.0 Å². The molecule has 0 heterocycles. The second-order valence-electron chi connectivity index (χ2n) is 7.49. The molecule has 38 heavy (non-hydrogen) atoms. The van der Waals surface area contributed by atoms with Crippen LogP contribution in [0, 0.1) is 11.6 Å². The summed E-state index contributed by atoms with van der Waals surface area (Å²) in [6.07, 6.45) is -1.77. The van der Waals surface area contributed by atoms with E-state index in [2.05, 4.69) is 0 Å². The number of benzene rings is 3. The van der Waals surface area contributed by atoms with Gasteiger partial charge >= 0.3 is 24.1 Å². The highest BCUT2D eigenvalue weighted by molar-refractivity contribution is 5.85. The van der Waals surface area contributed by atoms with Gasteiger partial charge in [0.2, 0.25) is 0 Å². The molecule has 0 unspecified atom stereocenters. The maximum Gasteiger partial charge on any atom is 0.416 e. The Morgan fingerprint density at radius 2 is 1.34 bits per heavy atom. The lowest BCUT2D eigenvalue weighted by Crippen LogP contribution is -2.05. The third-order valence-corrected chi connectivity index (χ3v) is 4.47. The first-order valence-corrected chi connectivity index (χ1v) is 10.8. The predicted molar refractivity (Wildman–Crippen MR) is 128 cm³/mol. The normalized spacial score (nSPS) is 10.6. The molecule has 11 heteroatoms. The van der Waals surface area contributed by atoms with Gasteiger partial charge in [0, 0.05) is 12.5 Å². The summed E-state index contributed by atoms with van der Waals surface area (Å²) in [6, 6.07) is 16.8. The van der Waals surface area contributed by atoms with Crippen molar-refractivity contribution in [2.75, 3.05) is 0 Å². The van der Waals surface area contributed by atoms with Crippen LogP contribution in [0.15, 0.2) is 78.9 Å². The van der Waals surface area contributed by atoms with E-state index >= 15 is 0 Å². The van der Waals surface area contributed by atoms with Gasteiger partial charge < -0.3 is 15.3 Å². The predicted octanol–water partition coefficient (Wildman–Crippen LogP) is 6.10. The topological polar surface area (TPSA) is 112 Å². The Balaban J connectivity index is 0.000000287. The van der Waals surface area contributed by atoms with E-state index in [1.54, 1.807) is 0 Å². The number of halogens is 5. The van der Waals surface area contributed by atoms with E-state index in [1.807, 2.05) is 30.3 Å². The van der Waals surface area contributed by atoms with E-state index in [4.69, 9.17) is 15.3 Å². The number of rotatable bonds is 7. The van der Waals surface area contributed by atoms with Crippen molar-refractivity contribution in [3.63, 3.8) is 0 Å². The number of hydrogen-bond acceptors (Lipinski definition) is 3. The fraction of sp³-hybridized carbons (Fsp3) is 0.148. The fourth-order valence-corrected chi connectivity index (χ4v) is 2.67. The zero-order valence-electron chi connectivity index (χ0n) is 19.7. The molecular formula is C27H23F5O6. The minimum absolute atomic E-state index is 0.212. The second kappa shape index (κ2) is 15.5. The minimum Gasteiger partial charge on any atom is -0.481 e. The van der Waals surface area contributed by atoms with Crippen LogP contribution in [0.3, 0.4) is 0 Å². The van der Waals surface area contributed by atoms with E-state index in [0.717, 1.165) is 48.0 Å². The molecule has 202 valence electrons. The van der Waals surface area contributed by atoms with Crippen LogP contribution >= 0.6 is 0 Å². The molecule has 0 saturated heterocycles. The highest BCUT2D eigenvalue weighted by Crippen LogP contribution is 2.29. The minimum atomic E-state index is -4.37. The Labute approximate surface area is 214 Å². The fourth-order valence-electron chi connectivity index (χ4n) is 2.67. The van der Waals surface area contributed by atoms with Crippen molar-refractivity contribution < 1.29 is 51.7 Å². The summed E-state index contributed by atoms with van der Waals surface area (Å²) in [4.78, 5) is 30.5. The zero-order chi connectivity index (χ0) is 28.7. The summed E-state index contributed by atoms with van der Waals surface area (Å²) < 4.78 is 61.1. The van der Waals surface area contributed by atoms with Gasteiger partial charge in [-0.05, 0) is 53.5 Å². The highest BCUT2D eigenvalue weighted by Gasteiger charge is 2.29. The molecule has 0 spiro atoms. The maximum atomic E-state index is 12.5. The van der Waals surface area contributed by atoms with Crippen molar-refractivity contribution in [2.45, 2.75) is 25.4 Å². The molecule has 0 aliphatic carbocycles. The largest absolute Gasteiger partial charge is 0.481 e. The third-order valence-electron chi connectivity index (χ3n) is 4.47. The van der Waals surface area contributed by atoms with E-state index < -0.39 is 41.3 Å². The van der Waals surface area contributed by atoms with Crippen LogP contribution in [0.2, 0.25) is 0 Å². The number of carboxylic acid groups (broad SMARTS) is 3. The summed E-state index contributed by atoms with van der Waals surface area (Å²) >= 11 is 0. The van der Waals surface area contributed by atoms with Gasteiger partial charge in [0.15, 0.2) is 11.6 Å². The molecule has 0 saturated carbocycles. The van der Waals surface area contributed by atoms with Crippen LogP contribution in [0.4, 0.5) is 22.0 Å². The summed E-state index contributed by atoms with van der Waals surface area (Å²) in [5, 5.41) is 25.0. The smallest absolute Gasteiger partial charge is 0.416 e. The molecule has 0 atom stereocenters. The molecule has 0 radical (unpaired) electrons. The lowest BCUT2D eigenvalue weighted by molar-refractivity contribution is -0.138. The van der Waals surface area contributed by atoms with Gasteiger partial charge in [0.1, 0.15) is 0 Å². The number of aliphatic carboxylic acids is 3. The molecule has 3 aromatic carbocycles. The van der Waals surface area contributed by atoms with Crippen LogP contribution in [0.5, 0.6) is 0 Å². The Hall–Kier alpha value is -4.54. The van der Waals surface area contributed by atoms with Crippen LogP contribution in [0.25, 0.3) is 6.08 Å². The Kier molecular flexibility index (Phi) is 12.9. The average molecular weight is 538 g/mol. The Bertz CT molecular complexity index is 1220. The Morgan fingerprint density at radius 3 is 1.82 bits per heavy atom. The van der Waals surface area contributed by atoms with Crippen LogP contribution in [0.1, 0.15) is 28.7 Å². The van der Waals surface area contributed by atoms with Crippen LogP contribution in [-0.2, 0) is 33.4 Å². The number of alkyl halides is 3. The molecule has 3 aromatic rings. The molecular weight excluding hydrogens is 515 g/mol. The first-order chi connectivity index (χ1) is 17.8. The van der Waals surface area contributed by atoms with Crippen LogP contribution in [-0.4, -0.2) is 33.2 Å². The van der Waals surface area contributed by atoms with Gasteiger partial charge in [0.25, 0.3) is 0 Å². The molecule has 3 rings (SSSR count). The van der Waals surface area contributed by atoms with E-state index in [1.165, 1.54) is 12.1 Å². The maximum absolute atomic E-state index is 12.5. The summed E-state index contributed by atoms with van der Waals surface area (Å²) in [5.74, 6) is -4.89.